The molecule has 3 aromatic rings. The van der Waals surface area contributed by atoms with E-state index in [4.69, 9.17) is 0 Å². The zero-order valence-corrected chi connectivity index (χ0v) is 18.4. The van der Waals surface area contributed by atoms with Crippen LogP contribution in [0.15, 0.2) is 84.9 Å². The van der Waals surface area contributed by atoms with Crippen molar-refractivity contribution in [1.29, 1.82) is 0 Å². The minimum atomic E-state index is 0.0229. The second-order valence-electron chi connectivity index (χ2n) is 7.84. The van der Waals surface area contributed by atoms with Gasteiger partial charge in [0, 0.05) is 18.7 Å². The third kappa shape index (κ3) is 8.42. The number of nitrogens with one attached hydrogen (secondary N) is 2. The van der Waals surface area contributed by atoms with Gasteiger partial charge in [-0.05, 0) is 42.4 Å². The maximum atomic E-state index is 12.3. The van der Waals surface area contributed by atoms with Gasteiger partial charge < -0.3 is 10.6 Å². The van der Waals surface area contributed by atoms with E-state index >= 15 is 0 Å². The zero-order valence-electron chi connectivity index (χ0n) is 18.4. The van der Waals surface area contributed by atoms with Gasteiger partial charge in [0.1, 0.15) is 7.28 Å². The number of rotatable bonds is 12. The third-order valence-electron chi connectivity index (χ3n) is 5.21. The summed E-state index contributed by atoms with van der Waals surface area (Å²) < 4.78 is 0. The number of hydrogen-bond acceptors (Lipinski definition) is 2. The van der Waals surface area contributed by atoms with Crippen molar-refractivity contribution in [2.75, 3.05) is 11.9 Å². The molecule has 4 nitrogen and oxygen atoms in total. The quantitative estimate of drug-likeness (QED) is 0.306. The SMILES string of the molecule is O=C(C[B]Cc1ccccc1)NCCCCCC(=O)Nc1cccc(-c2ccccc2)c1. The van der Waals surface area contributed by atoms with Crippen molar-refractivity contribution >= 4 is 24.8 Å². The van der Waals surface area contributed by atoms with Crippen LogP contribution in [0.4, 0.5) is 5.69 Å². The van der Waals surface area contributed by atoms with Crippen molar-refractivity contribution in [2.24, 2.45) is 0 Å². The van der Waals surface area contributed by atoms with Crippen LogP contribution in [0, 0.1) is 0 Å². The van der Waals surface area contributed by atoms with Crippen molar-refractivity contribution in [1.82, 2.24) is 5.32 Å². The number of anilines is 1. The topological polar surface area (TPSA) is 58.2 Å². The van der Waals surface area contributed by atoms with Crippen LogP contribution in [0.5, 0.6) is 0 Å². The number of hydrogen-bond donors (Lipinski definition) is 2. The molecule has 5 heteroatoms. The minimum absolute atomic E-state index is 0.0229. The Kier molecular flexibility index (Phi) is 9.59. The third-order valence-corrected chi connectivity index (χ3v) is 5.21. The standard InChI is InChI=1S/C27H30BN2O2/c31-26(30-25-16-10-15-24(19-25)23-13-6-2-7-14-23)17-8-3-9-18-29-27(32)21-28-20-22-11-4-1-5-12-22/h1-2,4-7,10-16,19H,3,8-9,17-18,20-21H2,(H,29,32)(H,30,31). The Balaban J connectivity index is 1.25. The van der Waals surface area contributed by atoms with Crippen molar-refractivity contribution in [3.8, 4) is 11.1 Å². The summed E-state index contributed by atoms with van der Waals surface area (Å²) in [6.07, 6.45) is 4.30. The summed E-state index contributed by atoms with van der Waals surface area (Å²) >= 11 is 0. The Morgan fingerprint density at radius 3 is 2.22 bits per heavy atom. The van der Waals surface area contributed by atoms with Crippen molar-refractivity contribution < 1.29 is 9.59 Å². The lowest BCUT2D eigenvalue weighted by molar-refractivity contribution is -0.119. The van der Waals surface area contributed by atoms with Crippen LogP contribution in [-0.4, -0.2) is 25.6 Å². The summed E-state index contributed by atoms with van der Waals surface area (Å²) in [5, 5.41) is 5.93. The zero-order chi connectivity index (χ0) is 22.4. The molecule has 0 heterocycles. The molecule has 3 aromatic carbocycles. The summed E-state index contributed by atoms with van der Waals surface area (Å²) in [7, 11) is 2.00. The summed E-state index contributed by atoms with van der Waals surface area (Å²) in [6.45, 7) is 0.652. The Hall–Kier alpha value is -3.34. The number of amides is 2. The second-order valence-corrected chi connectivity index (χ2v) is 7.84. The minimum Gasteiger partial charge on any atom is -0.357 e. The fourth-order valence-electron chi connectivity index (χ4n) is 3.50. The molecule has 3 rings (SSSR count). The molecule has 0 aliphatic rings. The predicted molar refractivity (Wildman–Crippen MR) is 133 cm³/mol. The summed E-state index contributed by atoms with van der Waals surface area (Å²) in [4.78, 5) is 24.2. The Labute approximate surface area is 191 Å². The van der Waals surface area contributed by atoms with Crippen molar-refractivity contribution in [3.63, 3.8) is 0 Å². The number of benzene rings is 3. The molecule has 0 aliphatic heterocycles. The monoisotopic (exact) mass is 425 g/mol. The van der Waals surface area contributed by atoms with E-state index in [9.17, 15) is 9.59 Å². The largest absolute Gasteiger partial charge is 0.357 e. The van der Waals surface area contributed by atoms with Crippen LogP contribution in [-0.2, 0) is 15.9 Å². The van der Waals surface area contributed by atoms with Gasteiger partial charge >= 0.3 is 0 Å². The van der Waals surface area contributed by atoms with Crippen LogP contribution in [0.1, 0.15) is 31.2 Å². The summed E-state index contributed by atoms with van der Waals surface area (Å²) in [5.41, 5.74) is 4.24. The lowest BCUT2D eigenvalue weighted by Crippen LogP contribution is -2.25. The fourth-order valence-corrected chi connectivity index (χ4v) is 3.50. The molecule has 0 saturated carbocycles. The average Bonchev–Trinajstić information content (AvgIpc) is 2.83. The first kappa shape index (κ1) is 23.3. The van der Waals surface area contributed by atoms with Crippen LogP contribution < -0.4 is 10.6 Å². The van der Waals surface area contributed by atoms with Crippen LogP contribution >= 0.6 is 0 Å². The van der Waals surface area contributed by atoms with E-state index < -0.39 is 0 Å². The molecule has 0 aromatic heterocycles. The smallest absolute Gasteiger partial charge is 0.224 e. The van der Waals surface area contributed by atoms with Crippen LogP contribution in [0.3, 0.4) is 0 Å². The lowest BCUT2D eigenvalue weighted by Gasteiger charge is -2.08. The molecule has 32 heavy (non-hydrogen) atoms. The Bertz CT molecular complexity index is 977. The predicted octanol–water partition coefficient (Wildman–Crippen LogP) is 5.29. The van der Waals surface area contributed by atoms with E-state index in [0.29, 0.717) is 19.3 Å². The molecular weight excluding hydrogens is 395 g/mol. The normalized spacial score (nSPS) is 10.4. The van der Waals surface area contributed by atoms with Crippen LogP contribution in [0.2, 0.25) is 6.32 Å². The Morgan fingerprint density at radius 1 is 0.719 bits per heavy atom. The molecule has 0 bridgehead atoms. The first-order valence-electron chi connectivity index (χ1n) is 11.3. The molecule has 0 aliphatic carbocycles. The first-order valence-corrected chi connectivity index (χ1v) is 11.3. The van der Waals surface area contributed by atoms with E-state index in [-0.39, 0.29) is 11.8 Å². The summed E-state index contributed by atoms with van der Waals surface area (Å²) in [5.74, 6) is 0.0757. The molecule has 0 saturated heterocycles. The molecule has 163 valence electrons. The van der Waals surface area contributed by atoms with Gasteiger partial charge in [-0.25, -0.2) is 0 Å². The highest BCUT2D eigenvalue weighted by molar-refractivity contribution is 6.40. The average molecular weight is 425 g/mol. The molecule has 0 atom stereocenters. The second kappa shape index (κ2) is 13.2. The number of carbonyl (C=O) groups excluding carboxylic acids is 2. The number of carbonyl (C=O) groups is 2. The molecule has 0 fully saturated rings. The van der Waals surface area contributed by atoms with Gasteiger partial charge in [-0.2, -0.15) is 0 Å². The van der Waals surface area contributed by atoms with Crippen LogP contribution in [0.25, 0.3) is 11.1 Å². The summed E-state index contributed by atoms with van der Waals surface area (Å²) in [6, 6.07) is 28.1. The van der Waals surface area contributed by atoms with Gasteiger partial charge in [0.25, 0.3) is 0 Å². The van der Waals surface area contributed by atoms with E-state index in [0.717, 1.165) is 42.4 Å². The van der Waals surface area contributed by atoms with E-state index in [2.05, 4.69) is 34.9 Å². The van der Waals surface area contributed by atoms with Gasteiger partial charge in [0.2, 0.25) is 11.8 Å². The lowest BCUT2D eigenvalue weighted by atomic mass is 9.68. The molecule has 1 radical (unpaired) electrons. The van der Waals surface area contributed by atoms with Crippen molar-refractivity contribution in [2.45, 2.75) is 38.3 Å². The fraction of sp³-hybridized carbons (Fsp3) is 0.259. The molecule has 0 unspecified atom stereocenters. The van der Waals surface area contributed by atoms with E-state index in [1.165, 1.54) is 5.56 Å². The van der Waals surface area contributed by atoms with Gasteiger partial charge in [0.15, 0.2) is 0 Å². The molecular formula is C27H30BN2O2. The first-order chi connectivity index (χ1) is 15.7. The number of unbranched alkanes of at least 4 members (excludes halogenated alkanes) is 2. The van der Waals surface area contributed by atoms with Crippen molar-refractivity contribution in [3.05, 3.63) is 90.5 Å². The molecule has 2 amide bonds. The van der Waals surface area contributed by atoms with Gasteiger partial charge in [-0.15, -0.1) is 0 Å². The van der Waals surface area contributed by atoms with Gasteiger partial charge in [0.05, 0.1) is 0 Å². The highest BCUT2D eigenvalue weighted by Crippen LogP contribution is 2.22. The Morgan fingerprint density at radius 2 is 1.44 bits per heavy atom. The van der Waals surface area contributed by atoms with Gasteiger partial charge in [-0.3, -0.25) is 9.59 Å². The molecule has 2 N–H and O–H groups in total. The van der Waals surface area contributed by atoms with E-state index in [1.807, 2.05) is 67.9 Å². The highest BCUT2D eigenvalue weighted by atomic mass is 16.2. The highest BCUT2D eigenvalue weighted by Gasteiger charge is 2.05. The van der Waals surface area contributed by atoms with E-state index in [1.54, 1.807) is 0 Å². The maximum absolute atomic E-state index is 12.3. The van der Waals surface area contributed by atoms with Gasteiger partial charge in [-0.1, -0.05) is 91.1 Å². The molecule has 0 spiro atoms. The maximum Gasteiger partial charge on any atom is 0.224 e.